The molecule has 0 fully saturated rings. The third-order valence-corrected chi connectivity index (χ3v) is 5.00. The summed E-state index contributed by atoms with van der Waals surface area (Å²) in [4.78, 5) is 0. The van der Waals surface area contributed by atoms with Gasteiger partial charge in [0.25, 0.3) is 0 Å². The van der Waals surface area contributed by atoms with Crippen molar-refractivity contribution in [1.82, 2.24) is 14.9 Å². The molecule has 1 atom stereocenters. The molecule has 0 saturated carbocycles. The van der Waals surface area contributed by atoms with Crippen molar-refractivity contribution in [2.75, 3.05) is 0 Å². The van der Waals surface area contributed by atoms with Crippen molar-refractivity contribution in [3.63, 3.8) is 0 Å². The number of rotatable bonds is 6. The molecule has 130 valence electrons. The highest BCUT2D eigenvalue weighted by Gasteiger charge is 2.26. The Balaban J connectivity index is 1.87. The maximum Gasteiger partial charge on any atom is 0.238 e. The molecular formula is C18H19N3O3S. The summed E-state index contributed by atoms with van der Waals surface area (Å²) >= 11 is 0. The first-order valence-corrected chi connectivity index (χ1v) is 9.49. The van der Waals surface area contributed by atoms with Gasteiger partial charge in [-0.15, -0.1) is 10.2 Å². The highest BCUT2D eigenvalue weighted by atomic mass is 32.2. The molecule has 3 aromatic rings. The SMILES string of the molecule is Cc1ccc(CS(=O)(=O)NC(c2ccccc2)c2nnc(C)o2)cc1. The van der Waals surface area contributed by atoms with Crippen LogP contribution in [0.25, 0.3) is 0 Å². The Hall–Kier alpha value is -2.51. The Morgan fingerprint density at radius 2 is 1.68 bits per heavy atom. The summed E-state index contributed by atoms with van der Waals surface area (Å²) in [5.74, 6) is 0.480. The van der Waals surface area contributed by atoms with Crippen molar-refractivity contribution in [2.45, 2.75) is 25.6 Å². The van der Waals surface area contributed by atoms with Gasteiger partial charge in [0.05, 0.1) is 5.75 Å². The molecule has 0 radical (unpaired) electrons. The van der Waals surface area contributed by atoms with Crippen LogP contribution < -0.4 is 4.72 Å². The van der Waals surface area contributed by atoms with E-state index in [-0.39, 0.29) is 11.6 Å². The molecule has 0 spiro atoms. The van der Waals surface area contributed by atoms with Crippen LogP contribution in [0.5, 0.6) is 0 Å². The van der Waals surface area contributed by atoms with E-state index in [1.165, 1.54) is 0 Å². The second-order valence-electron chi connectivity index (χ2n) is 5.87. The van der Waals surface area contributed by atoms with E-state index in [1.807, 2.05) is 61.5 Å². The van der Waals surface area contributed by atoms with Crippen LogP contribution in [0.2, 0.25) is 0 Å². The van der Waals surface area contributed by atoms with Gasteiger partial charge in [0.1, 0.15) is 6.04 Å². The zero-order chi connectivity index (χ0) is 17.9. The molecule has 0 aliphatic carbocycles. The second-order valence-corrected chi connectivity index (χ2v) is 7.62. The molecule has 1 N–H and O–H groups in total. The first kappa shape index (κ1) is 17.3. The molecule has 3 rings (SSSR count). The van der Waals surface area contributed by atoms with Gasteiger partial charge in [-0.1, -0.05) is 60.2 Å². The number of nitrogens with zero attached hydrogens (tertiary/aromatic N) is 2. The molecule has 7 heteroatoms. The van der Waals surface area contributed by atoms with Crippen LogP contribution in [0.4, 0.5) is 0 Å². The molecular weight excluding hydrogens is 338 g/mol. The lowest BCUT2D eigenvalue weighted by atomic mass is 10.1. The Kier molecular flexibility index (Phi) is 4.96. The highest BCUT2D eigenvalue weighted by molar-refractivity contribution is 7.88. The van der Waals surface area contributed by atoms with E-state index < -0.39 is 16.1 Å². The zero-order valence-corrected chi connectivity index (χ0v) is 14.8. The number of benzene rings is 2. The molecule has 25 heavy (non-hydrogen) atoms. The van der Waals surface area contributed by atoms with Gasteiger partial charge in [0.15, 0.2) is 0 Å². The molecule has 0 aliphatic heterocycles. The maximum absolute atomic E-state index is 12.6. The lowest BCUT2D eigenvalue weighted by Gasteiger charge is -2.16. The first-order valence-electron chi connectivity index (χ1n) is 7.83. The third kappa shape index (κ3) is 4.52. The van der Waals surface area contributed by atoms with E-state index >= 15 is 0 Å². The number of nitrogens with one attached hydrogen (secondary N) is 1. The minimum absolute atomic E-state index is 0.121. The summed E-state index contributed by atoms with van der Waals surface area (Å²) in [5, 5.41) is 7.79. The van der Waals surface area contributed by atoms with Gasteiger partial charge in [0, 0.05) is 6.92 Å². The average Bonchev–Trinajstić information content (AvgIpc) is 3.02. The quantitative estimate of drug-likeness (QED) is 0.733. The minimum Gasteiger partial charge on any atom is -0.423 e. The summed E-state index contributed by atoms with van der Waals surface area (Å²) in [6.07, 6.45) is 0. The minimum atomic E-state index is -3.61. The monoisotopic (exact) mass is 357 g/mol. The van der Waals surface area contributed by atoms with Crippen LogP contribution in [-0.2, 0) is 15.8 Å². The fourth-order valence-electron chi connectivity index (χ4n) is 2.46. The van der Waals surface area contributed by atoms with Crippen LogP contribution in [-0.4, -0.2) is 18.6 Å². The van der Waals surface area contributed by atoms with Crippen molar-refractivity contribution in [3.05, 3.63) is 83.1 Å². The lowest BCUT2D eigenvalue weighted by molar-refractivity contribution is 0.436. The van der Waals surface area contributed by atoms with Crippen LogP contribution in [0, 0.1) is 13.8 Å². The molecule has 6 nitrogen and oxygen atoms in total. The Morgan fingerprint density at radius 1 is 1.00 bits per heavy atom. The van der Waals surface area contributed by atoms with Crippen LogP contribution >= 0.6 is 0 Å². The summed E-state index contributed by atoms with van der Waals surface area (Å²) in [5.41, 5.74) is 2.53. The fraction of sp³-hybridized carbons (Fsp3) is 0.222. The van der Waals surface area contributed by atoms with E-state index in [9.17, 15) is 8.42 Å². The van der Waals surface area contributed by atoms with E-state index in [1.54, 1.807) is 6.92 Å². The molecule has 1 aromatic heterocycles. The predicted molar refractivity (Wildman–Crippen MR) is 94.3 cm³/mol. The van der Waals surface area contributed by atoms with Crippen molar-refractivity contribution in [2.24, 2.45) is 0 Å². The predicted octanol–water partition coefficient (Wildman–Crippen LogP) is 2.90. The summed E-state index contributed by atoms with van der Waals surface area (Å²) in [6, 6.07) is 15.8. The number of hydrogen-bond donors (Lipinski definition) is 1. The maximum atomic E-state index is 12.6. The van der Waals surface area contributed by atoms with Gasteiger partial charge in [-0.25, -0.2) is 8.42 Å². The largest absolute Gasteiger partial charge is 0.423 e. The van der Waals surface area contributed by atoms with E-state index in [0.717, 1.165) is 11.1 Å². The highest BCUT2D eigenvalue weighted by Crippen LogP contribution is 2.22. The zero-order valence-electron chi connectivity index (χ0n) is 14.0. The third-order valence-electron chi connectivity index (χ3n) is 3.70. The van der Waals surface area contributed by atoms with E-state index in [2.05, 4.69) is 14.9 Å². The summed E-state index contributed by atoms with van der Waals surface area (Å²) < 4.78 is 33.4. The fourth-order valence-corrected chi connectivity index (χ4v) is 3.77. The summed E-state index contributed by atoms with van der Waals surface area (Å²) in [7, 11) is -3.61. The van der Waals surface area contributed by atoms with Crippen molar-refractivity contribution in [1.29, 1.82) is 0 Å². The topological polar surface area (TPSA) is 85.1 Å². The van der Waals surface area contributed by atoms with Crippen LogP contribution in [0.3, 0.4) is 0 Å². The van der Waals surface area contributed by atoms with Gasteiger partial charge >= 0.3 is 0 Å². The molecule has 2 aromatic carbocycles. The number of aryl methyl sites for hydroxylation is 2. The van der Waals surface area contributed by atoms with Crippen LogP contribution in [0.15, 0.2) is 59.0 Å². The van der Waals surface area contributed by atoms with E-state index in [4.69, 9.17) is 4.42 Å². The van der Waals surface area contributed by atoms with Crippen molar-refractivity contribution in [3.8, 4) is 0 Å². The number of aromatic nitrogens is 2. The normalized spacial score (nSPS) is 12.9. The smallest absolute Gasteiger partial charge is 0.238 e. The van der Waals surface area contributed by atoms with E-state index in [0.29, 0.717) is 11.5 Å². The Labute approximate surface area is 147 Å². The molecule has 0 amide bonds. The first-order chi connectivity index (χ1) is 11.9. The van der Waals surface area contributed by atoms with Crippen LogP contribution in [0.1, 0.15) is 34.5 Å². The second kappa shape index (κ2) is 7.16. The standard InChI is InChI=1S/C18H19N3O3S/c1-13-8-10-15(11-9-13)12-25(22,23)21-17(16-6-4-3-5-7-16)18-20-19-14(2)24-18/h3-11,17,21H,12H2,1-2H3. The van der Waals surface area contributed by atoms with Gasteiger partial charge in [-0.2, -0.15) is 4.72 Å². The molecule has 0 saturated heterocycles. The molecule has 0 bridgehead atoms. The Morgan fingerprint density at radius 3 is 2.28 bits per heavy atom. The lowest BCUT2D eigenvalue weighted by Crippen LogP contribution is -2.30. The van der Waals surface area contributed by atoms with Gasteiger partial charge in [-0.3, -0.25) is 0 Å². The summed E-state index contributed by atoms with van der Waals surface area (Å²) in [6.45, 7) is 3.62. The number of hydrogen-bond acceptors (Lipinski definition) is 5. The Bertz CT molecular complexity index is 935. The van der Waals surface area contributed by atoms with Crippen molar-refractivity contribution >= 4 is 10.0 Å². The van der Waals surface area contributed by atoms with Gasteiger partial charge < -0.3 is 4.42 Å². The average molecular weight is 357 g/mol. The van der Waals surface area contributed by atoms with Gasteiger partial charge in [-0.05, 0) is 18.1 Å². The number of sulfonamides is 1. The molecule has 0 aliphatic rings. The van der Waals surface area contributed by atoms with Gasteiger partial charge in [0.2, 0.25) is 21.8 Å². The molecule has 1 heterocycles. The molecule has 1 unspecified atom stereocenters. The van der Waals surface area contributed by atoms with Crippen molar-refractivity contribution < 1.29 is 12.8 Å².